The van der Waals surface area contributed by atoms with Crippen LogP contribution >= 0.6 is 0 Å². The van der Waals surface area contributed by atoms with Gasteiger partial charge in [-0.05, 0) is 25.1 Å². The average molecular weight is 293 g/mol. The number of aromatic hydroxyl groups is 1. The zero-order chi connectivity index (χ0) is 15.5. The topological polar surface area (TPSA) is 97.0 Å². The fraction of sp³-hybridized carbons (Fsp3) is 0.0625. The number of phenols is 1. The highest BCUT2D eigenvalue weighted by atomic mass is 16.3. The minimum absolute atomic E-state index is 0.110. The Labute approximate surface area is 127 Å². The van der Waals surface area contributed by atoms with Gasteiger partial charge in [-0.1, -0.05) is 35.9 Å². The monoisotopic (exact) mass is 293 g/mol. The number of nitrogen functional groups attached to an aromatic ring is 1. The van der Waals surface area contributed by atoms with Crippen LogP contribution < -0.4 is 11.1 Å². The number of rotatable bonds is 3. The summed E-state index contributed by atoms with van der Waals surface area (Å²) < 4.78 is 0. The molecule has 3 rings (SSSR count). The van der Waals surface area contributed by atoms with Crippen molar-refractivity contribution >= 4 is 17.6 Å². The van der Waals surface area contributed by atoms with Gasteiger partial charge in [-0.2, -0.15) is 15.0 Å². The Balaban J connectivity index is 1.98. The smallest absolute Gasteiger partial charge is 0.232 e. The van der Waals surface area contributed by atoms with Gasteiger partial charge in [0.2, 0.25) is 11.9 Å². The summed E-state index contributed by atoms with van der Waals surface area (Å²) in [5.41, 5.74) is 8.22. The summed E-state index contributed by atoms with van der Waals surface area (Å²) in [7, 11) is 0. The van der Waals surface area contributed by atoms with Crippen LogP contribution in [-0.2, 0) is 0 Å². The van der Waals surface area contributed by atoms with Crippen molar-refractivity contribution in [2.45, 2.75) is 6.92 Å². The average Bonchev–Trinajstić information content (AvgIpc) is 2.49. The molecule has 1 heterocycles. The SMILES string of the molecule is Cc1cccc(-c2nc(N)nc(Nc3ccccc3O)n2)c1. The summed E-state index contributed by atoms with van der Waals surface area (Å²) in [4.78, 5) is 12.6. The predicted octanol–water partition coefficient (Wildman–Crippen LogP) is 2.88. The van der Waals surface area contributed by atoms with Gasteiger partial charge in [-0.25, -0.2) is 0 Å². The normalized spacial score (nSPS) is 10.4. The van der Waals surface area contributed by atoms with E-state index in [4.69, 9.17) is 5.73 Å². The molecule has 3 aromatic rings. The first-order chi connectivity index (χ1) is 10.6. The molecular formula is C16H15N5O. The van der Waals surface area contributed by atoms with Crippen molar-refractivity contribution < 1.29 is 5.11 Å². The molecule has 6 heteroatoms. The summed E-state index contributed by atoms with van der Waals surface area (Å²) in [6.45, 7) is 2.00. The van der Waals surface area contributed by atoms with Crippen molar-refractivity contribution in [3.8, 4) is 17.1 Å². The molecule has 0 unspecified atom stereocenters. The molecule has 0 spiro atoms. The van der Waals surface area contributed by atoms with E-state index in [1.54, 1.807) is 24.3 Å². The zero-order valence-corrected chi connectivity index (χ0v) is 12.0. The van der Waals surface area contributed by atoms with Crippen molar-refractivity contribution in [1.29, 1.82) is 0 Å². The van der Waals surface area contributed by atoms with Crippen molar-refractivity contribution in [1.82, 2.24) is 15.0 Å². The summed E-state index contributed by atoms with van der Waals surface area (Å²) in [6, 6.07) is 14.6. The van der Waals surface area contributed by atoms with Gasteiger partial charge >= 0.3 is 0 Å². The molecule has 1 aromatic heterocycles. The molecule has 4 N–H and O–H groups in total. The molecule has 0 aliphatic rings. The van der Waals surface area contributed by atoms with E-state index in [2.05, 4.69) is 20.3 Å². The second kappa shape index (κ2) is 5.69. The van der Waals surface area contributed by atoms with Gasteiger partial charge in [0.05, 0.1) is 5.69 Å². The number of para-hydroxylation sites is 2. The molecule has 2 aromatic carbocycles. The second-order valence-corrected chi connectivity index (χ2v) is 4.85. The number of aryl methyl sites for hydroxylation is 1. The van der Waals surface area contributed by atoms with Crippen LogP contribution in [0.3, 0.4) is 0 Å². The highest BCUT2D eigenvalue weighted by Gasteiger charge is 2.08. The maximum absolute atomic E-state index is 9.80. The number of benzene rings is 2. The van der Waals surface area contributed by atoms with Crippen LogP contribution in [0.15, 0.2) is 48.5 Å². The summed E-state index contributed by atoms with van der Waals surface area (Å²) in [5, 5.41) is 12.7. The van der Waals surface area contributed by atoms with Crippen LogP contribution in [0.4, 0.5) is 17.6 Å². The number of hydrogen-bond donors (Lipinski definition) is 3. The highest BCUT2D eigenvalue weighted by molar-refractivity contribution is 5.64. The number of phenolic OH excluding ortho intramolecular Hbond substituents is 1. The Bertz CT molecular complexity index is 819. The van der Waals surface area contributed by atoms with Gasteiger partial charge in [0.1, 0.15) is 5.75 Å². The fourth-order valence-corrected chi connectivity index (χ4v) is 2.06. The summed E-state index contributed by atoms with van der Waals surface area (Å²) in [6.07, 6.45) is 0. The highest BCUT2D eigenvalue weighted by Crippen LogP contribution is 2.25. The number of aromatic nitrogens is 3. The van der Waals surface area contributed by atoms with Crippen molar-refractivity contribution in [2.75, 3.05) is 11.1 Å². The van der Waals surface area contributed by atoms with Crippen LogP contribution in [0.25, 0.3) is 11.4 Å². The van der Waals surface area contributed by atoms with Crippen LogP contribution in [0, 0.1) is 6.92 Å². The van der Waals surface area contributed by atoms with Gasteiger partial charge in [0.15, 0.2) is 5.82 Å². The molecule has 0 aliphatic carbocycles. The van der Waals surface area contributed by atoms with E-state index in [1.165, 1.54) is 0 Å². The lowest BCUT2D eigenvalue weighted by Gasteiger charge is -2.09. The zero-order valence-electron chi connectivity index (χ0n) is 12.0. The lowest BCUT2D eigenvalue weighted by Crippen LogP contribution is -2.05. The number of nitrogens with one attached hydrogen (secondary N) is 1. The number of hydrogen-bond acceptors (Lipinski definition) is 6. The standard InChI is InChI=1S/C16H15N5O/c1-10-5-4-6-11(9-10)14-19-15(17)21-16(20-14)18-12-7-2-3-8-13(12)22/h2-9,22H,1H3,(H3,17,18,19,20,21). The molecule has 0 saturated carbocycles. The van der Waals surface area contributed by atoms with E-state index in [0.717, 1.165) is 11.1 Å². The molecule has 0 atom stereocenters. The maximum atomic E-state index is 9.80. The van der Waals surface area contributed by atoms with E-state index in [-0.39, 0.29) is 17.6 Å². The second-order valence-electron chi connectivity index (χ2n) is 4.85. The van der Waals surface area contributed by atoms with Gasteiger partial charge < -0.3 is 16.2 Å². The van der Waals surface area contributed by atoms with Gasteiger partial charge in [0.25, 0.3) is 0 Å². The third-order valence-corrected chi connectivity index (χ3v) is 3.08. The molecule has 110 valence electrons. The molecule has 0 amide bonds. The fourth-order valence-electron chi connectivity index (χ4n) is 2.06. The summed E-state index contributed by atoms with van der Waals surface area (Å²) >= 11 is 0. The van der Waals surface area contributed by atoms with E-state index in [9.17, 15) is 5.11 Å². The minimum Gasteiger partial charge on any atom is -0.506 e. The van der Waals surface area contributed by atoms with E-state index in [0.29, 0.717) is 11.5 Å². The molecule has 0 aliphatic heterocycles. The van der Waals surface area contributed by atoms with Gasteiger partial charge in [0, 0.05) is 5.56 Å². The van der Waals surface area contributed by atoms with Crippen molar-refractivity contribution in [2.24, 2.45) is 0 Å². The van der Waals surface area contributed by atoms with E-state index in [1.807, 2.05) is 31.2 Å². The largest absolute Gasteiger partial charge is 0.506 e. The van der Waals surface area contributed by atoms with Crippen LogP contribution in [0.2, 0.25) is 0 Å². The van der Waals surface area contributed by atoms with Crippen molar-refractivity contribution in [3.63, 3.8) is 0 Å². The number of nitrogens with zero attached hydrogens (tertiary/aromatic N) is 3. The van der Waals surface area contributed by atoms with Crippen molar-refractivity contribution in [3.05, 3.63) is 54.1 Å². The Morgan fingerprint density at radius 3 is 2.59 bits per heavy atom. The Morgan fingerprint density at radius 1 is 1.00 bits per heavy atom. The lowest BCUT2D eigenvalue weighted by atomic mass is 10.1. The van der Waals surface area contributed by atoms with Crippen LogP contribution in [0.1, 0.15) is 5.56 Å². The quantitative estimate of drug-likeness (QED) is 0.642. The molecule has 22 heavy (non-hydrogen) atoms. The third-order valence-electron chi connectivity index (χ3n) is 3.08. The molecule has 0 saturated heterocycles. The Hall–Kier alpha value is -3.15. The molecule has 0 fully saturated rings. The first-order valence-electron chi connectivity index (χ1n) is 6.75. The molecule has 0 radical (unpaired) electrons. The van der Waals surface area contributed by atoms with Gasteiger partial charge in [-0.15, -0.1) is 0 Å². The third kappa shape index (κ3) is 2.95. The minimum atomic E-state index is 0.110. The molecule has 6 nitrogen and oxygen atoms in total. The number of nitrogens with two attached hydrogens (primary N) is 1. The number of anilines is 3. The van der Waals surface area contributed by atoms with Crippen LogP contribution in [0.5, 0.6) is 5.75 Å². The van der Waals surface area contributed by atoms with Crippen LogP contribution in [-0.4, -0.2) is 20.1 Å². The molecule has 0 bridgehead atoms. The lowest BCUT2D eigenvalue weighted by molar-refractivity contribution is 0.477. The Kier molecular flexibility index (Phi) is 3.57. The molecular weight excluding hydrogens is 278 g/mol. The summed E-state index contributed by atoms with van der Waals surface area (Å²) in [5.74, 6) is 0.989. The van der Waals surface area contributed by atoms with E-state index >= 15 is 0 Å². The van der Waals surface area contributed by atoms with E-state index < -0.39 is 0 Å². The first-order valence-corrected chi connectivity index (χ1v) is 6.75. The predicted molar refractivity (Wildman–Crippen MR) is 85.8 cm³/mol. The Morgan fingerprint density at radius 2 is 1.82 bits per heavy atom. The first kappa shape index (κ1) is 13.8. The van der Waals surface area contributed by atoms with Gasteiger partial charge in [-0.3, -0.25) is 0 Å². The maximum Gasteiger partial charge on any atom is 0.232 e.